The molecule has 0 unspecified atom stereocenters. The molecule has 0 aliphatic carbocycles. The third kappa shape index (κ3) is 6.39. The Labute approximate surface area is 107 Å². The van der Waals surface area contributed by atoms with Crippen molar-refractivity contribution in [2.75, 3.05) is 39.3 Å². The molecular weight excluding hydrogens is 212 g/mol. The lowest BCUT2D eigenvalue weighted by molar-refractivity contribution is 0.117. The molecule has 1 N–H and O–H groups in total. The van der Waals surface area contributed by atoms with E-state index >= 15 is 0 Å². The molecule has 0 aromatic rings. The van der Waals surface area contributed by atoms with Crippen LogP contribution >= 0.6 is 0 Å². The minimum atomic E-state index is -0.0631. The molecule has 0 aromatic heterocycles. The largest absolute Gasteiger partial charge is 0.393 e. The van der Waals surface area contributed by atoms with Crippen molar-refractivity contribution < 1.29 is 5.11 Å². The second kappa shape index (κ2) is 8.90. The van der Waals surface area contributed by atoms with Gasteiger partial charge in [-0.2, -0.15) is 0 Å². The minimum absolute atomic E-state index is 0.0631. The fourth-order valence-electron chi connectivity index (χ4n) is 2.46. The zero-order valence-corrected chi connectivity index (χ0v) is 11.7. The summed E-state index contributed by atoms with van der Waals surface area (Å²) < 4.78 is 0. The molecule has 1 fully saturated rings. The van der Waals surface area contributed by atoms with Gasteiger partial charge in [-0.1, -0.05) is 26.7 Å². The van der Waals surface area contributed by atoms with Crippen LogP contribution in [0.2, 0.25) is 0 Å². The van der Waals surface area contributed by atoms with Crippen LogP contribution in [0.1, 0.15) is 46.0 Å². The monoisotopic (exact) mass is 242 g/mol. The Morgan fingerprint density at radius 1 is 0.941 bits per heavy atom. The fraction of sp³-hybridized carbons (Fsp3) is 1.00. The van der Waals surface area contributed by atoms with Crippen LogP contribution in [-0.2, 0) is 0 Å². The average Bonchev–Trinajstić information content (AvgIpc) is 2.37. The third-order valence-electron chi connectivity index (χ3n) is 3.81. The molecule has 0 aromatic carbocycles. The van der Waals surface area contributed by atoms with Crippen molar-refractivity contribution in [3.05, 3.63) is 0 Å². The molecule has 0 amide bonds. The van der Waals surface area contributed by atoms with Crippen molar-refractivity contribution in [2.45, 2.75) is 52.1 Å². The fourth-order valence-corrected chi connectivity index (χ4v) is 2.46. The highest BCUT2D eigenvalue weighted by atomic mass is 16.3. The van der Waals surface area contributed by atoms with Gasteiger partial charge in [0.2, 0.25) is 0 Å². The van der Waals surface area contributed by atoms with Crippen molar-refractivity contribution in [3.63, 3.8) is 0 Å². The van der Waals surface area contributed by atoms with Gasteiger partial charge in [-0.15, -0.1) is 0 Å². The number of rotatable bonds is 8. The first kappa shape index (κ1) is 14.9. The van der Waals surface area contributed by atoms with E-state index in [9.17, 15) is 5.11 Å². The molecule has 1 rings (SSSR count). The number of nitrogens with zero attached hydrogens (tertiary/aromatic N) is 2. The zero-order valence-electron chi connectivity index (χ0n) is 11.7. The van der Waals surface area contributed by atoms with Gasteiger partial charge >= 0.3 is 0 Å². The van der Waals surface area contributed by atoms with Gasteiger partial charge in [0.05, 0.1) is 6.10 Å². The molecule has 1 aliphatic rings. The van der Waals surface area contributed by atoms with Gasteiger partial charge in [0, 0.05) is 26.2 Å². The van der Waals surface area contributed by atoms with Gasteiger partial charge in [0.1, 0.15) is 0 Å². The van der Waals surface area contributed by atoms with Gasteiger partial charge in [-0.25, -0.2) is 0 Å². The third-order valence-corrected chi connectivity index (χ3v) is 3.81. The van der Waals surface area contributed by atoms with Crippen LogP contribution in [0.5, 0.6) is 0 Å². The van der Waals surface area contributed by atoms with Crippen molar-refractivity contribution in [1.82, 2.24) is 9.80 Å². The quantitative estimate of drug-likeness (QED) is 0.705. The summed E-state index contributed by atoms with van der Waals surface area (Å²) >= 11 is 0. The standard InChI is InChI=1S/C14H30N2O/c1-3-5-7-14(17)8-6-9-16-12-10-15(4-2)11-13-16/h14,17H,3-13H2,1-2H3/t14-/m0/s1. The van der Waals surface area contributed by atoms with Crippen LogP contribution in [0.15, 0.2) is 0 Å². The van der Waals surface area contributed by atoms with E-state index in [-0.39, 0.29) is 6.10 Å². The number of aliphatic hydroxyl groups excluding tert-OH is 1. The van der Waals surface area contributed by atoms with Gasteiger partial charge in [0.15, 0.2) is 0 Å². The summed E-state index contributed by atoms with van der Waals surface area (Å²) in [4.78, 5) is 5.05. The molecule has 1 aliphatic heterocycles. The predicted molar refractivity (Wildman–Crippen MR) is 73.3 cm³/mol. The molecule has 1 saturated heterocycles. The lowest BCUT2D eigenvalue weighted by atomic mass is 10.1. The normalized spacial score (nSPS) is 20.6. The summed E-state index contributed by atoms with van der Waals surface area (Å²) in [5.74, 6) is 0. The smallest absolute Gasteiger partial charge is 0.0540 e. The zero-order chi connectivity index (χ0) is 12.5. The number of likely N-dealkylation sites (N-methyl/N-ethyl adjacent to an activating group) is 1. The first-order valence-corrected chi connectivity index (χ1v) is 7.39. The molecule has 3 nitrogen and oxygen atoms in total. The summed E-state index contributed by atoms with van der Waals surface area (Å²) in [5.41, 5.74) is 0. The maximum atomic E-state index is 9.76. The van der Waals surface area contributed by atoms with Crippen molar-refractivity contribution in [1.29, 1.82) is 0 Å². The van der Waals surface area contributed by atoms with E-state index in [0.29, 0.717) is 0 Å². The number of hydrogen-bond donors (Lipinski definition) is 1. The molecule has 1 heterocycles. The number of unbranched alkanes of at least 4 members (excludes halogenated alkanes) is 1. The van der Waals surface area contributed by atoms with Gasteiger partial charge in [-0.3, -0.25) is 0 Å². The van der Waals surface area contributed by atoms with Crippen LogP contribution in [0.4, 0.5) is 0 Å². The van der Waals surface area contributed by atoms with Crippen molar-refractivity contribution in [3.8, 4) is 0 Å². The molecule has 0 bridgehead atoms. The minimum Gasteiger partial charge on any atom is -0.393 e. The van der Waals surface area contributed by atoms with E-state index in [4.69, 9.17) is 0 Å². The summed E-state index contributed by atoms with van der Waals surface area (Å²) in [7, 11) is 0. The van der Waals surface area contributed by atoms with Crippen LogP contribution in [-0.4, -0.2) is 60.3 Å². The summed E-state index contributed by atoms with van der Waals surface area (Å²) in [6.07, 6.45) is 5.41. The van der Waals surface area contributed by atoms with Crippen LogP contribution in [0, 0.1) is 0 Å². The Bertz CT molecular complexity index is 179. The SMILES string of the molecule is CCCC[C@H](O)CCCN1CCN(CC)CC1. The number of hydrogen-bond acceptors (Lipinski definition) is 3. The Hall–Kier alpha value is -0.120. The van der Waals surface area contributed by atoms with Crippen molar-refractivity contribution >= 4 is 0 Å². The second-order valence-electron chi connectivity index (χ2n) is 5.21. The highest BCUT2D eigenvalue weighted by Crippen LogP contribution is 2.08. The Morgan fingerprint density at radius 3 is 2.12 bits per heavy atom. The molecular formula is C14H30N2O. The lowest BCUT2D eigenvalue weighted by Gasteiger charge is -2.34. The first-order chi connectivity index (χ1) is 8.26. The lowest BCUT2D eigenvalue weighted by Crippen LogP contribution is -2.46. The van der Waals surface area contributed by atoms with E-state index < -0.39 is 0 Å². The molecule has 17 heavy (non-hydrogen) atoms. The molecule has 3 heteroatoms. The summed E-state index contributed by atoms with van der Waals surface area (Å²) in [6, 6.07) is 0. The molecule has 0 radical (unpaired) electrons. The molecule has 0 spiro atoms. The van der Waals surface area contributed by atoms with Crippen LogP contribution in [0.25, 0.3) is 0 Å². The van der Waals surface area contributed by atoms with Gasteiger partial charge < -0.3 is 14.9 Å². The summed E-state index contributed by atoms with van der Waals surface area (Å²) in [5, 5.41) is 9.76. The molecule has 0 saturated carbocycles. The highest BCUT2D eigenvalue weighted by Gasteiger charge is 2.15. The van der Waals surface area contributed by atoms with E-state index in [2.05, 4.69) is 23.6 Å². The molecule has 1 atom stereocenters. The van der Waals surface area contributed by atoms with E-state index in [1.54, 1.807) is 0 Å². The van der Waals surface area contributed by atoms with E-state index in [1.165, 1.54) is 45.7 Å². The van der Waals surface area contributed by atoms with Crippen molar-refractivity contribution in [2.24, 2.45) is 0 Å². The van der Waals surface area contributed by atoms with E-state index in [0.717, 1.165) is 25.7 Å². The average molecular weight is 242 g/mol. The molecule has 102 valence electrons. The maximum absolute atomic E-state index is 9.76. The first-order valence-electron chi connectivity index (χ1n) is 7.39. The van der Waals surface area contributed by atoms with Crippen LogP contribution in [0.3, 0.4) is 0 Å². The topological polar surface area (TPSA) is 26.7 Å². The second-order valence-corrected chi connectivity index (χ2v) is 5.21. The van der Waals surface area contributed by atoms with E-state index in [1.807, 2.05) is 0 Å². The summed E-state index contributed by atoms with van der Waals surface area (Å²) in [6.45, 7) is 11.6. The number of aliphatic hydroxyl groups is 1. The Balaban J connectivity index is 1.99. The van der Waals surface area contributed by atoms with Gasteiger partial charge in [0.25, 0.3) is 0 Å². The number of piperazine rings is 1. The highest BCUT2D eigenvalue weighted by molar-refractivity contribution is 4.71. The van der Waals surface area contributed by atoms with Crippen LogP contribution < -0.4 is 0 Å². The Kier molecular flexibility index (Phi) is 7.82. The Morgan fingerprint density at radius 2 is 1.53 bits per heavy atom. The van der Waals surface area contributed by atoms with Gasteiger partial charge in [-0.05, 0) is 32.4 Å². The predicted octanol–water partition coefficient (Wildman–Crippen LogP) is 1.96. The maximum Gasteiger partial charge on any atom is 0.0540 e.